The third-order valence-corrected chi connectivity index (χ3v) is 5.65. The molecular formula is C10H21NO3Si. The largest absolute Gasteiger partial charge is 0.465 e. The fourth-order valence-electron chi connectivity index (χ4n) is 1.74. The molecular weight excluding hydrogens is 210 g/mol. The van der Waals surface area contributed by atoms with Crippen molar-refractivity contribution in [2.75, 3.05) is 6.61 Å². The highest BCUT2D eigenvalue weighted by Gasteiger charge is 2.56. The number of nitrogens with zero attached hydrogens (tertiary/aromatic N) is 1. The summed E-state index contributed by atoms with van der Waals surface area (Å²) in [7, 11) is -2.02. The first-order valence-electron chi connectivity index (χ1n) is 5.42. The van der Waals surface area contributed by atoms with E-state index in [2.05, 4.69) is 0 Å². The number of carbonyl (C=O) groups excluding carboxylic acids is 1. The van der Waals surface area contributed by atoms with Crippen LogP contribution >= 0.6 is 0 Å². The van der Waals surface area contributed by atoms with Crippen molar-refractivity contribution in [3.8, 4) is 0 Å². The molecule has 0 aromatic rings. The van der Waals surface area contributed by atoms with Gasteiger partial charge in [-0.3, -0.25) is 9.36 Å². The molecule has 88 valence electrons. The summed E-state index contributed by atoms with van der Waals surface area (Å²) in [6, 6.07) is -0.0595. The molecule has 0 spiro atoms. The first kappa shape index (κ1) is 12.7. The fourth-order valence-corrected chi connectivity index (χ4v) is 3.84. The molecule has 1 fully saturated rings. The highest BCUT2D eigenvalue weighted by atomic mass is 28.3. The number of hydrogen-bond acceptors (Lipinski definition) is 4. The number of carbonyl (C=O) groups is 1. The average Bonchev–Trinajstić information content (AvgIpc) is 2.74. The van der Waals surface area contributed by atoms with Gasteiger partial charge in [0.05, 0.1) is 6.61 Å². The van der Waals surface area contributed by atoms with Gasteiger partial charge in [0.2, 0.25) is 0 Å². The third-order valence-electron chi connectivity index (χ3n) is 2.74. The molecule has 0 aromatic heterocycles. The SMILES string of the molecule is CCOC(=O)[C@@H]1[C@H](C)N1[SiH](O)C(C)(C)C. The standard InChI is InChI=1S/C10H21NO3Si/c1-6-14-9(12)8-7(2)11(8)15(13)10(3,4)5/h7-8,13,15H,6H2,1-5H3/t7-,8-,11?,15?/m0/s1. The maximum atomic E-state index is 11.5. The van der Waals surface area contributed by atoms with Crippen LogP contribution in [0, 0.1) is 0 Å². The van der Waals surface area contributed by atoms with Crippen molar-refractivity contribution in [3.05, 3.63) is 0 Å². The van der Waals surface area contributed by atoms with Gasteiger partial charge in [-0.2, -0.15) is 0 Å². The number of rotatable bonds is 3. The Morgan fingerprint density at radius 3 is 2.47 bits per heavy atom. The van der Waals surface area contributed by atoms with Crippen LogP contribution in [-0.4, -0.2) is 43.2 Å². The Morgan fingerprint density at radius 2 is 2.07 bits per heavy atom. The summed E-state index contributed by atoms with van der Waals surface area (Å²) in [6.45, 7) is 10.2. The smallest absolute Gasteiger partial charge is 0.324 e. The molecule has 4 atom stereocenters. The van der Waals surface area contributed by atoms with Crippen LogP contribution in [0.5, 0.6) is 0 Å². The Labute approximate surface area is 93.0 Å². The minimum atomic E-state index is -2.02. The first-order valence-corrected chi connectivity index (χ1v) is 7.04. The summed E-state index contributed by atoms with van der Waals surface area (Å²) < 4.78 is 6.89. The summed E-state index contributed by atoms with van der Waals surface area (Å²) in [5.74, 6) is -0.194. The van der Waals surface area contributed by atoms with Crippen LogP contribution in [0.1, 0.15) is 34.6 Å². The van der Waals surface area contributed by atoms with E-state index in [1.807, 2.05) is 32.3 Å². The van der Waals surface area contributed by atoms with Gasteiger partial charge in [0, 0.05) is 6.04 Å². The molecule has 0 aliphatic carbocycles. The molecule has 1 rings (SSSR count). The van der Waals surface area contributed by atoms with E-state index in [4.69, 9.17) is 4.74 Å². The second-order valence-corrected chi connectivity index (χ2v) is 8.20. The molecule has 1 aliphatic heterocycles. The Hall–Kier alpha value is -0.393. The minimum Gasteiger partial charge on any atom is -0.465 e. The summed E-state index contributed by atoms with van der Waals surface area (Å²) in [5, 5.41) is -0.102. The Balaban J connectivity index is 2.58. The van der Waals surface area contributed by atoms with Gasteiger partial charge in [-0.15, -0.1) is 0 Å². The van der Waals surface area contributed by atoms with Crippen LogP contribution in [0.4, 0.5) is 0 Å². The fraction of sp³-hybridized carbons (Fsp3) is 0.900. The summed E-state index contributed by atoms with van der Waals surface area (Å²) >= 11 is 0. The quantitative estimate of drug-likeness (QED) is 0.440. The van der Waals surface area contributed by atoms with E-state index < -0.39 is 9.20 Å². The van der Waals surface area contributed by atoms with Crippen molar-refractivity contribution in [1.82, 2.24) is 4.57 Å². The van der Waals surface area contributed by atoms with E-state index in [0.717, 1.165) is 0 Å². The second kappa shape index (κ2) is 4.23. The van der Waals surface area contributed by atoms with Gasteiger partial charge < -0.3 is 9.53 Å². The summed E-state index contributed by atoms with van der Waals surface area (Å²) in [6.07, 6.45) is 0. The predicted molar refractivity (Wildman–Crippen MR) is 60.8 cm³/mol. The molecule has 15 heavy (non-hydrogen) atoms. The molecule has 2 unspecified atom stereocenters. The van der Waals surface area contributed by atoms with Gasteiger partial charge in [-0.25, -0.2) is 0 Å². The Bertz CT molecular complexity index is 252. The summed E-state index contributed by atoms with van der Waals surface area (Å²) in [4.78, 5) is 21.6. The van der Waals surface area contributed by atoms with E-state index in [0.29, 0.717) is 6.61 Å². The highest BCUT2D eigenvalue weighted by Crippen LogP contribution is 2.38. The van der Waals surface area contributed by atoms with Gasteiger partial charge in [0.25, 0.3) is 9.20 Å². The zero-order chi connectivity index (χ0) is 11.8. The molecule has 0 aromatic carbocycles. The van der Waals surface area contributed by atoms with Gasteiger partial charge in [-0.05, 0) is 18.9 Å². The van der Waals surface area contributed by atoms with Crippen LogP contribution in [0.2, 0.25) is 5.04 Å². The van der Waals surface area contributed by atoms with Gasteiger partial charge in [0.1, 0.15) is 6.04 Å². The summed E-state index contributed by atoms with van der Waals surface area (Å²) in [5.41, 5.74) is 0. The van der Waals surface area contributed by atoms with Crippen LogP contribution in [0.25, 0.3) is 0 Å². The average molecular weight is 231 g/mol. The molecule has 0 radical (unpaired) electrons. The lowest BCUT2D eigenvalue weighted by atomic mass is 10.3. The third kappa shape index (κ3) is 2.59. The van der Waals surface area contributed by atoms with Gasteiger partial charge in [0.15, 0.2) is 0 Å². The molecule has 5 heteroatoms. The molecule has 4 nitrogen and oxygen atoms in total. The number of ether oxygens (including phenoxy) is 1. The zero-order valence-corrected chi connectivity index (χ0v) is 11.3. The second-order valence-electron chi connectivity index (χ2n) is 5.12. The predicted octanol–water partition coefficient (Wildman–Crippen LogP) is 0.635. The molecule has 1 aliphatic rings. The lowest BCUT2D eigenvalue weighted by Crippen LogP contribution is -2.37. The van der Waals surface area contributed by atoms with Crippen LogP contribution in [0.15, 0.2) is 0 Å². The van der Waals surface area contributed by atoms with Crippen molar-refractivity contribution < 1.29 is 14.3 Å². The lowest BCUT2D eigenvalue weighted by Gasteiger charge is -2.25. The van der Waals surface area contributed by atoms with E-state index in [1.54, 1.807) is 6.92 Å². The molecule has 1 heterocycles. The van der Waals surface area contributed by atoms with Gasteiger partial charge >= 0.3 is 5.97 Å². The minimum absolute atomic E-state index is 0.102. The zero-order valence-electron chi connectivity index (χ0n) is 10.2. The maximum absolute atomic E-state index is 11.5. The topological polar surface area (TPSA) is 49.5 Å². The van der Waals surface area contributed by atoms with Crippen LogP contribution < -0.4 is 0 Å². The van der Waals surface area contributed by atoms with Crippen molar-refractivity contribution in [3.63, 3.8) is 0 Å². The lowest BCUT2D eigenvalue weighted by molar-refractivity contribution is -0.143. The molecule has 1 N–H and O–H groups in total. The van der Waals surface area contributed by atoms with E-state index >= 15 is 0 Å². The first-order chi connectivity index (χ1) is 6.80. The van der Waals surface area contributed by atoms with E-state index in [9.17, 15) is 9.59 Å². The normalized spacial score (nSPS) is 32.3. The number of hydrogen-bond donors (Lipinski definition) is 1. The van der Waals surface area contributed by atoms with Crippen LogP contribution in [0.3, 0.4) is 0 Å². The van der Waals surface area contributed by atoms with E-state index in [1.165, 1.54) is 0 Å². The Morgan fingerprint density at radius 1 is 1.53 bits per heavy atom. The number of esters is 1. The molecule has 1 saturated heterocycles. The molecule has 0 amide bonds. The van der Waals surface area contributed by atoms with Crippen molar-refractivity contribution in [2.24, 2.45) is 0 Å². The molecule has 0 bridgehead atoms. The van der Waals surface area contributed by atoms with Gasteiger partial charge in [-0.1, -0.05) is 20.8 Å². The van der Waals surface area contributed by atoms with Crippen molar-refractivity contribution >= 4 is 15.2 Å². The Kier molecular flexibility index (Phi) is 3.58. The highest BCUT2D eigenvalue weighted by molar-refractivity contribution is 6.52. The molecule has 0 saturated carbocycles. The van der Waals surface area contributed by atoms with E-state index in [-0.39, 0.29) is 23.1 Å². The van der Waals surface area contributed by atoms with Crippen molar-refractivity contribution in [2.45, 2.75) is 51.7 Å². The van der Waals surface area contributed by atoms with Crippen molar-refractivity contribution in [1.29, 1.82) is 0 Å². The van der Waals surface area contributed by atoms with Crippen LogP contribution in [-0.2, 0) is 9.53 Å². The maximum Gasteiger partial charge on any atom is 0.324 e. The monoisotopic (exact) mass is 231 g/mol.